The molecular formula is C15H13FN6O. The van der Waals surface area contributed by atoms with Crippen molar-refractivity contribution in [2.45, 2.75) is 13.5 Å². The van der Waals surface area contributed by atoms with Crippen LogP contribution in [0.2, 0.25) is 0 Å². The topological polar surface area (TPSA) is 99.0 Å². The maximum Gasteiger partial charge on any atom is 0.237 e. The lowest BCUT2D eigenvalue weighted by Crippen LogP contribution is -2.01. The first-order chi connectivity index (χ1) is 11.0. The molecule has 0 aliphatic carbocycles. The lowest BCUT2D eigenvalue weighted by molar-refractivity contribution is 0.289. The number of nitriles is 2. The lowest BCUT2D eigenvalue weighted by atomic mass is 10.2. The Labute approximate surface area is 132 Å². The second kappa shape index (κ2) is 7.05. The largest absolute Gasteiger partial charge is 0.486 e. The number of ether oxygens (including phenoxy) is 1. The number of hydrogen-bond donors (Lipinski definition) is 1. The van der Waals surface area contributed by atoms with Gasteiger partial charge in [-0.05, 0) is 19.1 Å². The Bertz CT molecular complexity index is 811. The number of hydrogen-bond acceptors (Lipinski definition) is 6. The van der Waals surface area contributed by atoms with Crippen LogP contribution in [0, 0.1) is 35.4 Å². The lowest BCUT2D eigenvalue weighted by Gasteiger charge is -2.08. The Morgan fingerprint density at radius 2 is 2.17 bits per heavy atom. The normalized spacial score (nSPS) is 9.61. The molecule has 0 spiro atoms. The first kappa shape index (κ1) is 16.0. The van der Waals surface area contributed by atoms with Crippen molar-refractivity contribution in [3.05, 3.63) is 41.5 Å². The van der Waals surface area contributed by atoms with Crippen molar-refractivity contribution in [1.82, 2.24) is 9.78 Å². The van der Waals surface area contributed by atoms with Crippen LogP contribution in [0.15, 0.2) is 29.5 Å². The minimum absolute atomic E-state index is 0.0866. The molecule has 8 heteroatoms. The van der Waals surface area contributed by atoms with Crippen LogP contribution < -0.4 is 10.2 Å². The van der Waals surface area contributed by atoms with Crippen LogP contribution in [-0.4, -0.2) is 15.5 Å². The molecule has 23 heavy (non-hydrogen) atoms. The summed E-state index contributed by atoms with van der Waals surface area (Å²) >= 11 is 0. The quantitative estimate of drug-likeness (QED) is 0.674. The predicted octanol–water partition coefficient (Wildman–Crippen LogP) is 2.26. The highest BCUT2D eigenvalue weighted by atomic mass is 19.1. The Morgan fingerprint density at radius 3 is 2.74 bits per heavy atom. The van der Waals surface area contributed by atoms with Gasteiger partial charge in [-0.25, -0.2) is 4.39 Å². The van der Waals surface area contributed by atoms with E-state index in [0.717, 1.165) is 11.3 Å². The van der Waals surface area contributed by atoms with E-state index >= 15 is 0 Å². The highest BCUT2D eigenvalue weighted by Crippen LogP contribution is 2.22. The summed E-state index contributed by atoms with van der Waals surface area (Å²) in [5, 5.41) is 24.7. The van der Waals surface area contributed by atoms with Crippen LogP contribution in [0.4, 0.5) is 10.1 Å². The Kier molecular flexibility index (Phi) is 4.90. The van der Waals surface area contributed by atoms with Gasteiger partial charge in [0.1, 0.15) is 18.7 Å². The molecular weight excluding hydrogens is 299 g/mol. The van der Waals surface area contributed by atoms with Crippen LogP contribution in [0.3, 0.4) is 0 Å². The van der Waals surface area contributed by atoms with Crippen LogP contribution in [0.5, 0.6) is 5.75 Å². The van der Waals surface area contributed by atoms with E-state index in [9.17, 15) is 4.39 Å². The molecule has 1 aromatic carbocycles. The Morgan fingerprint density at radius 1 is 1.43 bits per heavy atom. The van der Waals surface area contributed by atoms with Gasteiger partial charge in [0.15, 0.2) is 11.6 Å². The third-order valence-corrected chi connectivity index (χ3v) is 3.16. The number of aryl methyl sites for hydroxylation is 1. The van der Waals surface area contributed by atoms with Crippen LogP contribution in [0.25, 0.3) is 0 Å². The summed E-state index contributed by atoms with van der Waals surface area (Å²) in [4.78, 5) is 0. The number of nitrogens with zero attached hydrogens (tertiary/aromatic N) is 5. The second-order valence-electron chi connectivity index (χ2n) is 4.61. The van der Waals surface area contributed by atoms with E-state index < -0.39 is 5.82 Å². The zero-order valence-electron chi connectivity index (χ0n) is 12.5. The van der Waals surface area contributed by atoms with Gasteiger partial charge in [0, 0.05) is 24.4 Å². The molecule has 2 aromatic rings. The van der Waals surface area contributed by atoms with Crippen molar-refractivity contribution in [3.8, 4) is 17.9 Å². The predicted molar refractivity (Wildman–Crippen MR) is 81.0 cm³/mol. The van der Waals surface area contributed by atoms with E-state index in [-0.39, 0.29) is 18.1 Å². The van der Waals surface area contributed by atoms with Crippen LogP contribution in [-0.2, 0) is 13.7 Å². The molecule has 0 aliphatic heterocycles. The molecule has 1 N–H and O–H groups in total. The fourth-order valence-electron chi connectivity index (χ4n) is 1.72. The molecule has 0 atom stereocenters. The van der Waals surface area contributed by atoms with E-state index in [1.807, 2.05) is 14.0 Å². The molecule has 0 amide bonds. The van der Waals surface area contributed by atoms with Crippen molar-refractivity contribution >= 4 is 11.4 Å². The number of nitrogens with one attached hydrogen (secondary N) is 1. The molecule has 0 bridgehead atoms. The molecule has 0 unspecified atom stereocenters. The molecule has 1 aromatic heterocycles. The number of rotatable bonds is 5. The first-order valence-electron chi connectivity index (χ1n) is 6.59. The number of aromatic nitrogens is 2. The van der Waals surface area contributed by atoms with Gasteiger partial charge in [0.05, 0.1) is 11.9 Å². The van der Waals surface area contributed by atoms with Gasteiger partial charge < -0.3 is 4.74 Å². The summed E-state index contributed by atoms with van der Waals surface area (Å²) < 4.78 is 21.1. The van der Waals surface area contributed by atoms with Gasteiger partial charge >= 0.3 is 0 Å². The SMILES string of the molecule is Cc1c(COc2ccc(NN=C(C#N)C#N)cc2F)cnn1C. The third-order valence-electron chi connectivity index (χ3n) is 3.16. The minimum atomic E-state index is -0.581. The maximum atomic E-state index is 14.0. The van der Waals surface area contributed by atoms with Crippen LogP contribution >= 0.6 is 0 Å². The average molecular weight is 312 g/mol. The molecule has 2 rings (SSSR count). The molecule has 0 fully saturated rings. The van der Waals surface area contributed by atoms with Gasteiger partial charge in [0.25, 0.3) is 0 Å². The molecule has 1 heterocycles. The molecule has 0 saturated heterocycles. The summed E-state index contributed by atoms with van der Waals surface area (Å²) in [6, 6.07) is 7.33. The standard InChI is InChI=1S/C15H13FN6O/c1-10-11(8-19-22(10)2)9-23-15-4-3-12(5-14(15)16)20-21-13(6-17)7-18/h3-5,8,20H,9H2,1-2H3. The number of hydrazone groups is 1. The summed E-state index contributed by atoms with van der Waals surface area (Å²) in [6.45, 7) is 2.10. The van der Waals surface area contributed by atoms with Gasteiger partial charge in [-0.15, -0.1) is 0 Å². The first-order valence-corrected chi connectivity index (χ1v) is 6.59. The summed E-state index contributed by atoms with van der Waals surface area (Å²) in [7, 11) is 1.82. The van der Waals surface area contributed by atoms with Crippen molar-refractivity contribution in [2.24, 2.45) is 12.1 Å². The minimum Gasteiger partial charge on any atom is -0.486 e. The fourth-order valence-corrected chi connectivity index (χ4v) is 1.72. The van der Waals surface area contributed by atoms with Gasteiger partial charge in [-0.1, -0.05) is 0 Å². The zero-order valence-corrected chi connectivity index (χ0v) is 12.5. The van der Waals surface area contributed by atoms with Gasteiger partial charge in [-0.2, -0.15) is 20.7 Å². The molecule has 7 nitrogen and oxygen atoms in total. The van der Waals surface area contributed by atoms with E-state index in [4.69, 9.17) is 15.3 Å². The van der Waals surface area contributed by atoms with Crippen LogP contribution in [0.1, 0.15) is 11.3 Å². The summed E-state index contributed by atoms with van der Waals surface area (Å²) in [6.07, 6.45) is 1.67. The van der Waals surface area contributed by atoms with E-state index in [1.165, 1.54) is 18.2 Å². The van der Waals surface area contributed by atoms with E-state index in [2.05, 4.69) is 15.6 Å². The monoisotopic (exact) mass is 312 g/mol. The van der Waals surface area contributed by atoms with Crippen molar-refractivity contribution in [3.63, 3.8) is 0 Å². The highest BCUT2D eigenvalue weighted by Gasteiger charge is 2.08. The van der Waals surface area contributed by atoms with Crippen molar-refractivity contribution < 1.29 is 9.13 Å². The van der Waals surface area contributed by atoms with E-state index in [0.29, 0.717) is 5.69 Å². The number of benzene rings is 1. The number of halogens is 1. The number of anilines is 1. The van der Waals surface area contributed by atoms with Gasteiger partial charge in [-0.3, -0.25) is 10.1 Å². The Hall–Kier alpha value is -3.39. The molecule has 0 aliphatic rings. The zero-order chi connectivity index (χ0) is 16.8. The third kappa shape index (κ3) is 3.83. The second-order valence-corrected chi connectivity index (χ2v) is 4.61. The highest BCUT2D eigenvalue weighted by molar-refractivity contribution is 6.10. The smallest absolute Gasteiger partial charge is 0.237 e. The summed E-state index contributed by atoms with van der Waals surface area (Å²) in [5.74, 6) is -0.495. The van der Waals surface area contributed by atoms with Crippen molar-refractivity contribution in [2.75, 3.05) is 5.43 Å². The van der Waals surface area contributed by atoms with E-state index in [1.54, 1.807) is 23.0 Å². The Balaban J connectivity index is 2.05. The molecule has 116 valence electrons. The van der Waals surface area contributed by atoms with Crippen molar-refractivity contribution in [1.29, 1.82) is 10.5 Å². The molecule has 0 radical (unpaired) electrons. The van der Waals surface area contributed by atoms with Gasteiger partial charge in [0.2, 0.25) is 5.71 Å². The summed E-state index contributed by atoms with van der Waals surface area (Å²) in [5.41, 5.74) is 4.20. The average Bonchev–Trinajstić information content (AvgIpc) is 2.87. The maximum absolute atomic E-state index is 14.0. The fraction of sp³-hybridized carbons (Fsp3) is 0.200. The molecule has 0 saturated carbocycles.